The number of hydrogen-bond donors (Lipinski definition) is 1. The van der Waals surface area contributed by atoms with Crippen LogP contribution in [0, 0.1) is 6.92 Å². The second kappa shape index (κ2) is 8.94. The summed E-state index contributed by atoms with van der Waals surface area (Å²) in [4.78, 5) is 14.7. The summed E-state index contributed by atoms with van der Waals surface area (Å²) < 4.78 is 27.3. The molecular formula is C20H26ClN3O3S. The Kier molecular flexibility index (Phi) is 7.09. The molecule has 1 heterocycles. The lowest BCUT2D eigenvalue weighted by molar-refractivity contribution is 0.0709. The van der Waals surface area contributed by atoms with Crippen LogP contribution in [-0.2, 0) is 10.0 Å². The van der Waals surface area contributed by atoms with E-state index >= 15 is 0 Å². The molecule has 0 aliphatic carbocycles. The molecule has 1 unspecified atom stereocenters. The van der Waals surface area contributed by atoms with Crippen molar-refractivity contribution < 1.29 is 13.2 Å². The lowest BCUT2D eigenvalue weighted by Gasteiger charge is -2.32. The summed E-state index contributed by atoms with van der Waals surface area (Å²) in [6.07, 6.45) is 0. The van der Waals surface area contributed by atoms with Gasteiger partial charge >= 0.3 is 0 Å². The number of rotatable bonds is 4. The Balaban J connectivity index is 0.00000280. The summed E-state index contributed by atoms with van der Waals surface area (Å²) in [5.74, 6) is -0.140. The summed E-state index contributed by atoms with van der Waals surface area (Å²) in [6.45, 7) is 5.94. The number of sulfonamides is 1. The SMILES string of the molecule is Cc1ccc(N(C)S(=O)(=O)c2cccc(C(=O)N3CCNC(C)C3)c2)cc1.Cl. The van der Waals surface area contributed by atoms with Gasteiger partial charge in [0.15, 0.2) is 0 Å². The van der Waals surface area contributed by atoms with E-state index < -0.39 is 10.0 Å². The molecule has 0 spiro atoms. The van der Waals surface area contributed by atoms with Crippen molar-refractivity contribution >= 4 is 34.0 Å². The number of aryl methyl sites for hydroxylation is 1. The minimum Gasteiger partial charge on any atom is -0.336 e. The number of benzene rings is 2. The van der Waals surface area contributed by atoms with Crippen LogP contribution in [0.15, 0.2) is 53.4 Å². The summed E-state index contributed by atoms with van der Waals surface area (Å²) in [5, 5.41) is 3.29. The molecule has 1 aliphatic heterocycles. The van der Waals surface area contributed by atoms with E-state index in [2.05, 4.69) is 5.32 Å². The van der Waals surface area contributed by atoms with Gasteiger partial charge in [-0.3, -0.25) is 9.10 Å². The molecule has 0 aromatic heterocycles. The molecule has 1 atom stereocenters. The van der Waals surface area contributed by atoms with E-state index in [-0.39, 0.29) is 29.3 Å². The Labute approximate surface area is 173 Å². The minimum atomic E-state index is -3.75. The predicted molar refractivity (Wildman–Crippen MR) is 114 cm³/mol. The van der Waals surface area contributed by atoms with Crippen LogP contribution in [0.5, 0.6) is 0 Å². The van der Waals surface area contributed by atoms with Crippen LogP contribution >= 0.6 is 12.4 Å². The van der Waals surface area contributed by atoms with Crippen LogP contribution in [-0.4, -0.2) is 51.9 Å². The maximum absolute atomic E-state index is 13.0. The standard InChI is InChI=1S/C20H25N3O3S.ClH/c1-15-7-9-18(10-8-15)22(3)27(25,26)19-6-4-5-17(13-19)20(24)23-12-11-21-16(2)14-23;/h4-10,13,16,21H,11-12,14H2,1-3H3;1H. The number of nitrogens with one attached hydrogen (secondary N) is 1. The van der Waals surface area contributed by atoms with Crippen molar-refractivity contribution in [3.63, 3.8) is 0 Å². The average molecular weight is 424 g/mol. The molecule has 1 amide bonds. The third-order valence-corrected chi connectivity index (χ3v) is 6.57. The third kappa shape index (κ3) is 4.66. The number of halogens is 1. The van der Waals surface area contributed by atoms with E-state index in [1.165, 1.54) is 23.5 Å². The topological polar surface area (TPSA) is 69.7 Å². The van der Waals surface area contributed by atoms with Crippen molar-refractivity contribution in [1.82, 2.24) is 10.2 Å². The van der Waals surface area contributed by atoms with E-state index in [4.69, 9.17) is 0 Å². The number of nitrogens with zero attached hydrogens (tertiary/aromatic N) is 2. The van der Waals surface area contributed by atoms with E-state index in [1.54, 1.807) is 29.2 Å². The third-order valence-electron chi connectivity index (χ3n) is 4.79. The lowest BCUT2D eigenvalue weighted by Crippen LogP contribution is -2.51. The van der Waals surface area contributed by atoms with Gasteiger partial charge in [-0.15, -0.1) is 12.4 Å². The smallest absolute Gasteiger partial charge is 0.264 e. The molecule has 152 valence electrons. The highest BCUT2D eigenvalue weighted by Crippen LogP contribution is 2.23. The zero-order valence-electron chi connectivity index (χ0n) is 16.3. The molecule has 2 aromatic rings. The van der Waals surface area contributed by atoms with Crippen LogP contribution < -0.4 is 9.62 Å². The number of amides is 1. The number of carbonyl (C=O) groups excluding carboxylic acids is 1. The quantitative estimate of drug-likeness (QED) is 0.820. The van der Waals surface area contributed by atoms with Crippen LogP contribution in [0.1, 0.15) is 22.8 Å². The molecule has 0 radical (unpaired) electrons. The lowest BCUT2D eigenvalue weighted by atomic mass is 10.1. The summed E-state index contributed by atoms with van der Waals surface area (Å²) in [6, 6.07) is 13.8. The van der Waals surface area contributed by atoms with Gasteiger partial charge in [0, 0.05) is 38.3 Å². The first-order valence-corrected chi connectivity index (χ1v) is 10.4. The van der Waals surface area contributed by atoms with E-state index in [1.807, 2.05) is 26.0 Å². The molecule has 1 aliphatic rings. The fraction of sp³-hybridized carbons (Fsp3) is 0.350. The van der Waals surface area contributed by atoms with Gasteiger partial charge in [0.2, 0.25) is 0 Å². The number of anilines is 1. The second-order valence-electron chi connectivity index (χ2n) is 6.94. The van der Waals surface area contributed by atoms with Gasteiger partial charge in [-0.05, 0) is 44.2 Å². The first kappa shape index (κ1) is 22.2. The molecule has 1 saturated heterocycles. The Hall–Kier alpha value is -2.09. The van der Waals surface area contributed by atoms with Gasteiger partial charge in [0.05, 0.1) is 10.6 Å². The number of carbonyl (C=O) groups is 1. The van der Waals surface area contributed by atoms with Crippen molar-refractivity contribution in [3.8, 4) is 0 Å². The van der Waals surface area contributed by atoms with Gasteiger partial charge in [-0.1, -0.05) is 23.8 Å². The van der Waals surface area contributed by atoms with Crippen molar-refractivity contribution in [1.29, 1.82) is 0 Å². The minimum absolute atomic E-state index is 0. The first-order chi connectivity index (χ1) is 12.8. The molecule has 0 bridgehead atoms. The molecule has 8 heteroatoms. The fourth-order valence-electron chi connectivity index (χ4n) is 3.14. The molecule has 1 fully saturated rings. The molecular weight excluding hydrogens is 398 g/mol. The van der Waals surface area contributed by atoms with Crippen molar-refractivity contribution in [2.24, 2.45) is 0 Å². The molecule has 1 N–H and O–H groups in total. The Morgan fingerprint density at radius 3 is 2.50 bits per heavy atom. The monoisotopic (exact) mass is 423 g/mol. The first-order valence-electron chi connectivity index (χ1n) is 8.97. The van der Waals surface area contributed by atoms with Crippen LogP contribution in [0.4, 0.5) is 5.69 Å². The predicted octanol–water partition coefficient (Wildman–Crippen LogP) is 2.68. The van der Waals surface area contributed by atoms with Gasteiger partial charge < -0.3 is 10.2 Å². The Morgan fingerprint density at radius 2 is 1.86 bits per heavy atom. The van der Waals surface area contributed by atoms with Crippen molar-refractivity contribution in [2.45, 2.75) is 24.8 Å². The van der Waals surface area contributed by atoms with E-state index in [9.17, 15) is 13.2 Å². The maximum Gasteiger partial charge on any atom is 0.264 e. The van der Waals surface area contributed by atoms with Crippen LogP contribution in [0.25, 0.3) is 0 Å². The summed E-state index contributed by atoms with van der Waals surface area (Å²) in [5.41, 5.74) is 2.03. The fourth-order valence-corrected chi connectivity index (χ4v) is 4.38. The van der Waals surface area contributed by atoms with Crippen LogP contribution in [0.3, 0.4) is 0 Å². The Morgan fingerprint density at radius 1 is 1.18 bits per heavy atom. The number of hydrogen-bond acceptors (Lipinski definition) is 4. The number of piperazine rings is 1. The van der Waals surface area contributed by atoms with E-state index in [0.29, 0.717) is 24.3 Å². The summed E-state index contributed by atoms with van der Waals surface area (Å²) in [7, 11) is -2.23. The van der Waals surface area contributed by atoms with Gasteiger partial charge in [-0.2, -0.15) is 0 Å². The summed E-state index contributed by atoms with van der Waals surface area (Å²) >= 11 is 0. The highest BCUT2D eigenvalue weighted by molar-refractivity contribution is 7.92. The molecule has 0 saturated carbocycles. The van der Waals surface area contributed by atoms with Crippen molar-refractivity contribution in [3.05, 3.63) is 59.7 Å². The second-order valence-corrected chi connectivity index (χ2v) is 8.91. The largest absolute Gasteiger partial charge is 0.336 e. The van der Waals surface area contributed by atoms with Gasteiger partial charge in [-0.25, -0.2) is 8.42 Å². The van der Waals surface area contributed by atoms with Crippen LogP contribution in [0.2, 0.25) is 0 Å². The van der Waals surface area contributed by atoms with E-state index in [0.717, 1.165) is 12.1 Å². The van der Waals surface area contributed by atoms with Gasteiger partial charge in [0.25, 0.3) is 15.9 Å². The molecule has 6 nitrogen and oxygen atoms in total. The normalized spacial score (nSPS) is 17.0. The average Bonchev–Trinajstić information content (AvgIpc) is 2.67. The van der Waals surface area contributed by atoms with Gasteiger partial charge in [0.1, 0.15) is 0 Å². The highest BCUT2D eigenvalue weighted by atomic mass is 35.5. The molecule has 3 rings (SSSR count). The van der Waals surface area contributed by atoms with Crippen molar-refractivity contribution in [2.75, 3.05) is 31.0 Å². The molecule has 28 heavy (non-hydrogen) atoms. The highest BCUT2D eigenvalue weighted by Gasteiger charge is 2.25. The maximum atomic E-state index is 13.0. The zero-order chi connectivity index (χ0) is 19.6. The zero-order valence-corrected chi connectivity index (χ0v) is 17.9. The Bertz CT molecular complexity index is 932. The molecule has 2 aromatic carbocycles.